The lowest BCUT2D eigenvalue weighted by Crippen LogP contribution is -2.21. The van der Waals surface area contributed by atoms with Gasteiger partial charge in [-0.15, -0.1) is 0 Å². The number of aryl methyl sites for hydroxylation is 3. The summed E-state index contributed by atoms with van der Waals surface area (Å²) in [4.78, 5) is 17.3. The number of fused-ring (bicyclic) bond motifs is 1. The Morgan fingerprint density at radius 3 is 2.53 bits per heavy atom. The molecule has 30 heavy (non-hydrogen) atoms. The highest BCUT2D eigenvalue weighted by Crippen LogP contribution is 2.29. The van der Waals surface area contributed by atoms with Crippen LogP contribution in [0.3, 0.4) is 0 Å². The molecule has 4 rings (SSSR count). The average molecular weight is 403 g/mol. The highest BCUT2D eigenvalue weighted by Gasteiger charge is 2.17. The largest absolute Gasteiger partial charge is 0.483 e. The van der Waals surface area contributed by atoms with Crippen LogP contribution in [0.4, 0.5) is 10.2 Å². The lowest BCUT2D eigenvalue weighted by Gasteiger charge is -2.11. The summed E-state index contributed by atoms with van der Waals surface area (Å²) < 4.78 is 20.9. The second kappa shape index (κ2) is 7.99. The van der Waals surface area contributed by atoms with Gasteiger partial charge in [0.15, 0.2) is 6.61 Å². The number of anilines is 1. The molecule has 0 bridgehead atoms. The predicted molar refractivity (Wildman–Crippen MR) is 115 cm³/mol. The minimum Gasteiger partial charge on any atom is -0.483 e. The fourth-order valence-corrected chi connectivity index (χ4v) is 3.25. The second-order valence-electron chi connectivity index (χ2n) is 7.35. The number of carbonyl (C=O) groups is 1. The van der Waals surface area contributed by atoms with Crippen LogP contribution in [0.1, 0.15) is 16.7 Å². The fourth-order valence-electron chi connectivity index (χ4n) is 3.25. The van der Waals surface area contributed by atoms with E-state index in [4.69, 9.17) is 4.74 Å². The van der Waals surface area contributed by atoms with E-state index in [0.717, 1.165) is 16.7 Å². The lowest BCUT2D eigenvalue weighted by molar-refractivity contribution is -0.118. The first kappa shape index (κ1) is 19.6. The van der Waals surface area contributed by atoms with Crippen LogP contribution < -0.4 is 10.1 Å². The van der Waals surface area contributed by atoms with Crippen LogP contribution in [-0.4, -0.2) is 21.9 Å². The van der Waals surface area contributed by atoms with E-state index in [2.05, 4.69) is 10.3 Å². The third-order valence-corrected chi connectivity index (χ3v) is 4.86. The molecule has 1 amide bonds. The second-order valence-corrected chi connectivity index (χ2v) is 7.35. The Bertz CT molecular complexity index is 1230. The Balaban J connectivity index is 1.63. The number of amides is 1. The zero-order valence-electron chi connectivity index (χ0n) is 17.1. The van der Waals surface area contributed by atoms with Crippen LogP contribution in [0.25, 0.3) is 16.9 Å². The summed E-state index contributed by atoms with van der Waals surface area (Å²) in [5.41, 5.74) is 5.05. The van der Waals surface area contributed by atoms with Crippen molar-refractivity contribution in [3.05, 3.63) is 83.3 Å². The van der Waals surface area contributed by atoms with E-state index in [1.54, 1.807) is 12.1 Å². The number of aromatic nitrogens is 2. The van der Waals surface area contributed by atoms with Gasteiger partial charge in [0, 0.05) is 11.8 Å². The van der Waals surface area contributed by atoms with Crippen molar-refractivity contribution in [2.45, 2.75) is 20.8 Å². The molecule has 6 heteroatoms. The van der Waals surface area contributed by atoms with Gasteiger partial charge in [-0.3, -0.25) is 9.20 Å². The van der Waals surface area contributed by atoms with Gasteiger partial charge < -0.3 is 10.1 Å². The molecule has 2 heterocycles. The number of nitrogens with one attached hydrogen (secondary N) is 1. The zero-order valence-corrected chi connectivity index (χ0v) is 17.1. The molecule has 1 N–H and O–H groups in total. The molecule has 0 aliphatic carbocycles. The lowest BCUT2D eigenvalue weighted by atomic mass is 10.1. The maximum Gasteiger partial charge on any atom is 0.263 e. The van der Waals surface area contributed by atoms with Crippen LogP contribution in [0, 0.1) is 26.6 Å². The molecule has 0 aliphatic heterocycles. The minimum absolute atomic E-state index is 0.133. The summed E-state index contributed by atoms with van der Waals surface area (Å²) in [5, 5.41) is 2.91. The van der Waals surface area contributed by atoms with Gasteiger partial charge >= 0.3 is 0 Å². The molecule has 2 aromatic heterocycles. The van der Waals surface area contributed by atoms with Crippen LogP contribution >= 0.6 is 0 Å². The Morgan fingerprint density at radius 2 is 1.77 bits per heavy atom. The molecule has 0 radical (unpaired) electrons. The van der Waals surface area contributed by atoms with Gasteiger partial charge in [0.25, 0.3) is 5.91 Å². The number of hydrogen-bond acceptors (Lipinski definition) is 3. The summed E-state index contributed by atoms with van der Waals surface area (Å²) in [7, 11) is 0. The third-order valence-electron chi connectivity index (χ3n) is 4.86. The van der Waals surface area contributed by atoms with E-state index in [9.17, 15) is 9.18 Å². The van der Waals surface area contributed by atoms with Gasteiger partial charge in [0.1, 0.15) is 28.7 Å². The highest BCUT2D eigenvalue weighted by molar-refractivity contribution is 5.95. The smallest absolute Gasteiger partial charge is 0.263 e. The first-order valence-electron chi connectivity index (χ1n) is 9.65. The zero-order chi connectivity index (χ0) is 21.3. The molecule has 0 saturated heterocycles. The monoisotopic (exact) mass is 403 g/mol. The normalized spacial score (nSPS) is 10.9. The molecule has 0 spiro atoms. The molecular weight excluding hydrogens is 381 g/mol. The fraction of sp³-hybridized carbons (Fsp3) is 0.167. The number of ether oxygens (including phenoxy) is 1. The van der Waals surface area contributed by atoms with E-state index in [-0.39, 0.29) is 18.3 Å². The van der Waals surface area contributed by atoms with E-state index < -0.39 is 0 Å². The SMILES string of the molecule is Cc1ccc(C)c(OCC(=O)Nc2c(-c3ccc(F)cc3)nc3cc(C)ccn23)c1. The van der Waals surface area contributed by atoms with E-state index in [0.29, 0.717) is 28.5 Å². The van der Waals surface area contributed by atoms with Crippen molar-refractivity contribution in [3.8, 4) is 17.0 Å². The molecule has 0 saturated carbocycles. The van der Waals surface area contributed by atoms with Crippen LogP contribution in [0.2, 0.25) is 0 Å². The van der Waals surface area contributed by atoms with Crippen molar-refractivity contribution in [3.63, 3.8) is 0 Å². The maximum atomic E-state index is 13.4. The van der Waals surface area contributed by atoms with Crippen molar-refractivity contribution in [2.24, 2.45) is 0 Å². The molecule has 0 unspecified atom stereocenters. The number of pyridine rings is 1. The third kappa shape index (κ3) is 4.03. The van der Waals surface area contributed by atoms with Gasteiger partial charge in [-0.1, -0.05) is 12.1 Å². The Hall–Kier alpha value is -3.67. The van der Waals surface area contributed by atoms with Gasteiger partial charge in [-0.2, -0.15) is 0 Å². The van der Waals surface area contributed by atoms with E-state index in [1.165, 1.54) is 12.1 Å². The number of rotatable bonds is 5. The van der Waals surface area contributed by atoms with Crippen LogP contribution in [0.5, 0.6) is 5.75 Å². The number of imidazole rings is 1. The first-order chi connectivity index (χ1) is 14.4. The average Bonchev–Trinajstić information content (AvgIpc) is 3.06. The Morgan fingerprint density at radius 1 is 1.03 bits per heavy atom. The summed E-state index contributed by atoms with van der Waals surface area (Å²) in [5.74, 6) is 0.566. The van der Waals surface area contributed by atoms with Crippen molar-refractivity contribution < 1.29 is 13.9 Å². The summed E-state index contributed by atoms with van der Waals surface area (Å²) in [6.45, 7) is 5.75. The summed E-state index contributed by atoms with van der Waals surface area (Å²) in [6, 6.07) is 15.8. The molecule has 0 aliphatic rings. The van der Waals surface area contributed by atoms with Crippen LogP contribution in [-0.2, 0) is 4.79 Å². The van der Waals surface area contributed by atoms with Crippen molar-refractivity contribution in [1.29, 1.82) is 0 Å². The van der Waals surface area contributed by atoms with E-state index in [1.807, 2.05) is 61.7 Å². The van der Waals surface area contributed by atoms with E-state index >= 15 is 0 Å². The van der Waals surface area contributed by atoms with Gasteiger partial charge in [0.2, 0.25) is 0 Å². The van der Waals surface area contributed by atoms with Gasteiger partial charge in [-0.05, 0) is 79.9 Å². The molecule has 0 fully saturated rings. The number of nitrogens with zero attached hydrogens (tertiary/aromatic N) is 2. The summed E-state index contributed by atoms with van der Waals surface area (Å²) in [6.07, 6.45) is 1.85. The standard InChI is InChI=1S/C24H22FN3O2/c1-15-4-5-17(3)20(12-15)30-14-22(29)27-24-23(18-6-8-19(25)9-7-18)26-21-13-16(2)10-11-28(21)24/h4-13H,14H2,1-3H3,(H,27,29). The molecule has 152 valence electrons. The topological polar surface area (TPSA) is 55.6 Å². The van der Waals surface area contributed by atoms with Crippen molar-refractivity contribution in [2.75, 3.05) is 11.9 Å². The van der Waals surface area contributed by atoms with Gasteiger partial charge in [-0.25, -0.2) is 9.37 Å². The number of hydrogen-bond donors (Lipinski definition) is 1. The molecular formula is C24H22FN3O2. The van der Waals surface area contributed by atoms with Crippen molar-refractivity contribution in [1.82, 2.24) is 9.38 Å². The maximum absolute atomic E-state index is 13.4. The number of carbonyl (C=O) groups excluding carboxylic acids is 1. The van der Waals surface area contributed by atoms with Crippen molar-refractivity contribution >= 4 is 17.4 Å². The molecule has 5 nitrogen and oxygen atoms in total. The molecule has 4 aromatic rings. The Kier molecular flexibility index (Phi) is 5.23. The molecule has 2 aromatic carbocycles. The first-order valence-corrected chi connectivity index (χ1v) is 9.65. The molecule has 0 atom stereocenters. The van der Waals surface area contributed by atoms with Crippen LogP contribution in [0.15, 0.2) is 60.8 Å². The Labute approximate surface area is 174 Å². The number of halogens is 1. The highest BCUT2D eigenvalue weighted by atomic mass is 19.1. The number of benzene rings is 2. The predicted octanol–water partition coefficient (Wildman–Crippen LogP) is 5.08. The van der Waals surface area contributed by atoms with Gasteiger partial charge in [0.05, 0.1) is 0 Å². The summed E-state index contributed by atoms with van der Waals surface area (Å²) >= 11 is 0. The quantitative estimate of drug-likeness (QED) is 0.505. The minimum atomic E-state index is -0.328.